The van der Waals surface area contributed by atoms with E-state index in [9.17, 15) is 4.79 Å². The Labute approximate surface area is 105 Å². The monoisotopic (exact) mass is 250 g/mol. The summed E-state index contributed by atoms with van der Waals surface area (Å²) < 4.78 is 0. The maximum absolute atomic E-state index is 11.7. The van der Waals surface area contributed by atoms with E-state index in [0.717, 1.165) is 29.4 Å². The molecule has 0 atom stereocenters. The molecule has 0 unspecified atom stereocenters. The van der Waals surface area contributed by atoms with E-state index < -0.39 is 0 Å². The molecule has 1 heterocycles. The third-order valence-corrected chi connectivity index (χ3v) is 2.97. The number of halogens is 1. The molecule has 0 aliphatic rings. The maximum atomic E-state index is 11.7. The summed E-state index contributed by atoms with van der Waals surface area (Å²) in [5.41, 5.74) is 1.91. The molecule has 2 rings (SSSR count). The van der Waals surface area contributed by atoms with Gasteiger partial charge in [-0.15, -0.1) is 0 Å². The van der Waals surface area contributed by atoms with Crippen LogP contribution in [0.25, 0.3) is 10.9 Å². The highest BCUT2D eigenvalue weighted by molar-refractivity contribution is 6.35. The average Bonchev–Trinajstić information content (AvgIpc) is 2.71. The number of aromatic nitrogens is 1. The van der Waals surface area contributed by atoms with Crippen LogP contribution in [0.2, 0.25) is 5.02 Å². The molecule has 0 aliphatic heterocycles. The van der Waals surface area contributed by atoms with Crippen LogP contribution < -0.4 is 5.32 Å². The van der Waals surface area contributed by atoms with Crippen molar-refractivity contribution in [2.24, 2.45) is 0 Å². The van der Waals surface area contributed by atoms with Gasteiger partial charge in [0.25, 0.3) is 0 Å². The number of hydrogen-bond donors (Lipinski definition) is 2. The van der Waals surface area contributed by atoms with Crippen molar-refractivity contribution in [1.29, 1.82) is 0 Å². The van der Waals surface area contributed by atoms with Crippen LogP contribution in [-0.4, -0.2) is 17.4 Å². The van der Waals surface area contributed by atoms with Crippen molar-refractivity contribution in [2.75, 3.05) is 6.54 Å². The first-order chi connectivity index (χ1) is 8.22. The Morgan fingerprint density at radius 3 is 3.06 bits per heavy atom. The summed E-state index contributed by atoms with van der Waals surface area (Å²) in [6, 6.07) is 5.68. The lowest BCUT2D eigenvalue weighted by Crippen LogP contribution is -2.25. The van der Waals surface area contributed by atoms with E-state index >= 15 is 0 Å². The van der Waals surface area contributed by atoms with Gasteiger partial charge in [-0.2, -0.15) is 0 Å². The number of hydrogen-bond acceptors (Lipinski definition) is 1. The van der Waals surface area contributed by atoms with Gasteiger partial charge in [-0.3, -0.25) is 4.79 Å². The lowest BCUT2D eigenvalue weighted by molar-refractivity contribution is -0.120. The fraction of sp³-hybridized carbons (Fsp3) is 0.308. The van der Waals surface area contributed by atoms with E-state index in [2.05, 4.69) is 10.3 Å². The SMILES string of the molecule is CCCNC(=O)Cc1c[nH]c2cccc(Cl)c12. The van der Waals surface area contributed by atoms with Crippen LogP contribution >= 0.6 is 11.6 Å². The summed E-state index contributed by atoms with van der Waals surface area (Å²) in [5.74, 6) is 0.0349. The highest BCUT2D eigenvalue weighted by Crippen LogP contribution is 2.26. The van der Waals surface area contributed by atoms with Gasteiger partial charge in [0.1, 0.15) is 0 Å². The summed E-state index contributed by atoms with van der Waals surface area (Å²) >= 11 is 6.14. The second kappa shape index (κ2) is 5.23. The molecule has 0 radical (unpaired) electrons. The molecule has 1 aromatic carbocycles. The number of H-pyrrole nitrogens is 1. The van der Waals surface area contributed by atoms with Crippen molar-refractivity contribution in [2.45, 2.75) is 19.8 Å². The Balaban J connectivity index is 2.22. The quantitative estimate of drug-likeness (QED) is 0.861. The molecule has 1 aromatic heterocycles. The van der Waals surface area contributed by atoms with Crippen LogP contribution in [0, 0.1) is 0 Å². The minimum atomic E-state index is 0.0349. The lowest BCUT2D eigenvalue weighted by Gasteiger charge is -2.03. The minimum absolute atomic E-state index is 0.0349. The second-order valence-corrected chi connectivity index (χ2v) is 4.41. The largest absolute Gasteiger partial charge is 0.361 e. The predicted octanol–water partition coefficient (Wildman–Crippen LogP) is 2.89. The molecule has 0 bridgehead atoms. The Hall–Kier alpha value is -1.48. The number of nitrogens with one attached hydrogen (secondary N) is 2. The molecule has 0 saturated heterocycles. The van der Waals surface area contributed by atoms with E-state index in [0.29, 0.717) is 11.4 Å². The van der Waals surface area contributed by atoms with Crippen LogP contribution in [0.3, 0.4) is 0 Å². The maximum Gasteiger partial charge on any atom is 0.224 e. The van der Waals surface area contributed by atoms with Gasteiger partial charge in [0.2, 0.25) is 5.91 Å². The summed E-state index contributed by atoms with van der Waals surface area (Å²) in [6.45, 7) is 2.75. The number of carbonyl (C=O) groups excluding carboxylic acids is 1. The Kier molecular flexibility index (Phi) is 3.69. The molecule has 1 amide bonds. The Morgan fingerprint density at radius 2 is 2.29 bits per heavy atom. The third kappa shape index (κ3) is 2.61. The van der Waals surface area contributed by atoms with E-state index in [-0.39, 0.29) is 5.91 Å². The Morgan fingerprint density at radius 1 is 1.47 bits per heavy atom. The van der Waals surface area contributed by atoms with Crippen LogP contribution in [0.4, 0.5) is 0 Å². The third-order valence-electron chi connectivity index (χ3n) is 2.66. The number of fused-ring (bicyclic) bond motifs is 1. The van der Waals surface area contributed by atoms with Crippen molar-refractivity contribution in [3.63, 3.8) is 0 Å². The molecule has 0 saturated carbocycles. The van der Waals surface area contributed by atoms with Gasteiger partial charge in [0, 0.05) is 23.6 Å². The van der Waals surface area contributed by atoms with Gasteiger partial charge in [-0.1, -0.05) is 24.6 Å². The molecule has 2 aromatic rings. The number of amides is 1. The average molecular weight is 251 g/mol. The number of rotatable bonds is 4. The minimum Gasteiger partial charge on any atom is -0.361 e. The first-order valence-electron chi connectivity index (χ1n) is 5.73. The molecule has 0 fully saturated rings. The highest BCUT2D eigenvalue weighted by atomic mass is 35.5. The predicted molar refractivity (Wildman–Crippen MR) is 70.3 cm³/mol. The van der Waals surface area contributed by atoms with E-state index in [4.69, 9.17) is 11.6 Å². The van der Waals surface area contributed by atoms with E-state index in [1.165, 1.54) is 0 Å². The summed E-state index contributed by atoms with van der Waals surface area (Å²) in [7, 11) is 0. The molecule has 0 aliphatic carbocycles. The molecule has 90 valence electrons. The van der Waals surface area contributed by atoms with Crippen molar-refractivity contribution >= 4 is 28.4 Å². The van der Waals surface area contributed by atoms with E-state index in [1.807, 2.05) is 31.3 Å². The van der Waals surface area contributed by atoms with Crippen LogP contribution in [0.5, 0.6) is 0 Å². The molecular formula is C13H15ClN2O. The number of aromatic amines is 1. The smallest absolute Gasteiger partial charge is 0.224 e. The Bertz CT molecular complexity index is 533. The number of carbonyl (C=O) groups is 1. The summed E-state index contributed by atoms with van der Waals surface area (Å²) in [5, 5.41) is 4.49. The van der Waals surface area contributed by atoms with Gasteiger partial charge in [0.05, 0.1) is 11.4 Å². The fourth-order valence-corrected chi connectivity index (χ4v) is 2.14. The van der Waals surface area contributed by atoms with E-state index in [1.54, 1.807) is 0 Å². The first kappa shape index (κ1) is 12.0. The van der Waals surface area contributed by atoms with Gasteiger partial charge >= 0.3 is 0 Å². The zero-order chi connectivity index (χ0) is 12.3. The topological polar surface area (TPSA) is 44.9 Å². The van der Waals surface area contributed by atoms with Crippen LogP contribution in [0.15, 0.2) is 24.4 Å². The lowest BCUT2D eigenvalue weighted by atomic mass is 10.1. The second-order valence-electron chi connectivity index (χ2n) is 4.00. The van der Waals surface area contributed by atoms with Crippen molar-refractivity contribution in [3.05, 3.63) is 35.0 Å². The van der Waals surface area contributed by atoms with Crippen LogP contribution in [0.1, 0.15) is 18.9 Å². The first-order valence-corrected chi connectivity index (χ1v) is 6.11. The normalized spacial score (nSPS) is 10.7. The molecule has 4 heteroatoms. The van der Waals surface area contributed by atoms with Gasteiger partial charge in [0.15, 0.2) is 0 Å². The zero-order valence-electron chi connectivity index (χ0n) is 9.72. The standard InChI is InChI=1S/C13H15ClN2O/c1-2-6-15-12(17)7-9-8-16-11-5-3-4-10(14)13(9)11/h3-5,8,16H,2,6-7H2,1H3,(H,15,17). The van der Waals surface area contributed by atoms with Gasteiger partial charge < -0.3 is 10.3 Å². The van der Waals surface area contributed by atoms with Crippen molar-refractivity contribution in [1.82, 2.24) is 10.3 Å². The highest BCUT2D eigenvalue weighted by Gasteiger charge is 2.10. The van der Waals surface area contributed by atoms with Gasteiger partial charge in [-0.05, 0) is 24.1 Å². The number of benzene rings is 1. The zero-order valence-corrected chi connectivity index (χ0v) is 10.5. The van der Waals surface area contributed by atoms with Crippen LogP contribution in [-0.2, 0) is 11.2 Å². The van der Waals surface area contributed by atoms with Crippen molar-refractivity contribution < 1.29 is 4.79 Å². The molecular weight excluding hydrogens is 236 g/mol. The van der Waals surface area contributed by atoms with Gasteiger partial charge in [-0.25, -0.2) is 0 Å². The molecule has 2 N–H and O–H groups in total. The fourth-order valence-electron chi connectivity index (χ4n) is 1.85. The molecule has 0 spiro atoms. The summed E-state index contributed by atoms with van der Waals surface area (Å²) in [6.07, 6.45) is 3.16. The van der Waals surface area contributed by atoms with Crippen molar-refractivity contribution in [3.8, 4) is 0 Å². The molecule has 3 nitrogen and oxygen atoms in total. The summed E-state index contributed by atoms with van der Waals surface area (Å²) in [4.78, 5) is 14.8. The molecule has 17 heavy (non-hydrogen) atoms.